The van der Waals surface area contributed by atoms with Crippen molar-refractivity contribution in [3.05, 3.63) is 76.8 Å². The van der Waals surface area contributed by atoms with E-state index >= 15 is 0 Å². The molecule has 1 aliphatic heterocycles. The summed E-state index contributed by atoms with van der Waals surface area (Å²) in [6, 6.07) is 8.45. The van der Waals surface area contributed by atoms with Gasteiger partial charge < -0.3 is 19.7 Å². The second-order valence-electron chi connectivity index (χ2n) is 7.37. The van der Waals surface area contributed by atoms with Crippen LogP contribution in [0.15, 0.2) is 55.4 Å². The van der Waals surface area contributed by atoms with E-state index in [1.807, 2.05) is 4.90 Å². The third-order valence-corrected chi connectivity index (χ3v) is 6.13. The number of nitrogens with one attached hydrogen (secondary N) is 1. The Hall–Kier alpha value is -3.47. The van der Waals surface area contributed by atoms with Gasteiger partial charge in [0.1, 0.15) is 12.2 Å². The van der Waals surface area contributed by atoms with Gasteiger partial charge in [-0.3, -0.25) is 4.98 Å². The normalized spacial score (nSPS) is 13.2. The Bertz CT molecular complexity index is 1320. The maximum Gasteiger partial charge on any atom is 0.166 e. The number of nitrogens with zero attached hydrogens (tertiary/aromatic N) is 3. The highest BCUT2D eigenvalue weighted by molar-refractivity contribution is 6.42. The summed E-state index contributed by atoms with van der Waals surface area (Å²) in [7, 11) is 1.54. The molecule has 0 atom stereocenters. The van der Waals surface area contributed by atoms with E-state index in [0.29, 0.717) is 41.2 Å². The number of halogens is 3. The lowest BCUT2D eigenvalue weighted by molar-refractivity contribution is 0.0454. The Balaban J connectivity index is 1.74. The molecule has 0 radical (unpaired) electrons. The lowest BCUT2D eigenvalue weighted by Gasteiger charge is -2.41. The fourth-order valence-corrected chi connectivity index (χ4v) is 3.79. The largest absolute Gasteiger partial charge is 0.493 e. The molecule has 0 unspecified atom stereocenters. The zero-order chi connectivity index (χ0) is 23.7. The summed E-state index contributed by atoms with van der Waals surface area (Å²) in [6.07, 6.45) is 3.02. The van der Waals surface area contributed by atoms with E-state index in [0.717, 1.165) is 5.70 Å². The standard InChI is InChI=1S/C24H19Cl2FN4O2/c1-4-13(2)31-11-15(12-31)33-21-7-16-19(8-20(21)32-3)29-10-14(9-28)24(16)30-18-6-5-17(25)22(26)23(18)27/h4-8,10,15H,1-2,11-12H2,3H3,(H,29,30). The number of ether oxygens (including phenoxy) is 2. The Labute approximate surface area is 200 Å². The van der Waals surface area contributed by atoms with Crippen LogP contribution in [0.5, 0.6) is 11.5 Å². The number of likely N-dealkylation sites (tertiary alicyclic amines) is 1. The first kappa shape index (κ1) is 22.7. The van der Waals surface area contributed by atoms with E-state index in [4.69, 9.17) is 32.7 Å². The van der Waals surface area contributed by atoms with Gasteiger partial charge in [-0.25, -0.2) is 4.39 Å². The van der Waals surface area contributed by atoms with E-state index in [1.54, 1.807) is 18.2 Å². The third kappa shape index (κ3) is 4.28. The van der Waals surface area contributed by atoms with Crippen molar-refractivity contribution in [2.24, 2.45) is 0 Å². The average Bonchev–Trinajstić information content (AvgIpc) is 2.80. The van der Waals surface area contributed by atoms with Crippen LogP contribution in [0.3, 0.4) is 0 Å². The molecule has 1 aliphatic rings. The first-order valence-corrected chi connectivity index (χ1v) is 10.7. The maximum absolute atomic E-state index is 14.7. The minimum Gasteiger partial charge on any atom is -0.493 e. The van der Waals surface area contributed by atoms with Crippen molar-refractivity contribution < 1.29 is 13.9 Å². The molecule has 1 fully saturated rings. The zero-order valence-corrected chi connectivity index (χ0v) is 19.2. The summed E-state index contributed by atoms with van der Waals surface area (Å²) in [5.41, 5.74) is 2.03. The molecule has 3 aromatic rings. The zero-order valence-electron chi connectivity index (χ0n) is 17.7. The summed E-state index contributed by atoms with van der Waals surface area (Å²) in [5.74, 6) is 0.251. The molecular formula is C24H19Cl2FN4O2. The smallest absolute Gasteiger partial charge is 0.166 e. The minimum atomic E-state index is -0.722. The molecule has 4 rings (SSSR count). The van der Waals surface area contributed by atoms with Gasteiger partial charge in [0.05, 0.1) is 52.7 Å². The van der Waals surface area contributed by atoms with Gasteiger partial charge in [0.15, 0.2) is 17.3 Å². The molecular weight excluding hydrogens is 466 g/mol. The Morgan fingerprint density at radius 3 is 2.76 bits per heavy atom. The number of aromatic nitrogens is 1. The Morgan fingerprint density at radius 1 is 1.33 bits per heavy atom. The second-order valence-corrected chi connectivity index (χ2v) is 8.15. The van der Waals surface area contributed by atoms with Crippen LogP contribution in [0.25, 0.3) is 10.9 Å². The number of rotatable bonds is 7. The van der Waals surface area contributed by atoms with Crippen molar-refractivity contribution in [1.82, 2.24) is 9.88 Å². The van der Waals surface area contributed by atoms with E-state index in [2.05, 4.69) is 29.5 Å². The van der Waals surface area contributed by atoms with Gasteiger partial charge >= 0.3 is 0 Å². The van der Waals surface area contributed by atoms with Gasteiger partial charge in [-0.1, -0.05) is 36.4 Å². The summed E-state index contributed by atoms with van der Waals surface area (Å²) in [4.78, 5) is 6.39. The SMILES string of the molecule is C=CC(=C)N1CC(Oc2cc3c(Nc4ccc(Cl)c(Cl)c4F)c(C#N)cnc3cc2OC)C1. The number of fused-ring (bicyclic) bond motifs is 1. The fourth-order valence-electron chi connectivity index (χ4n) is 3.48. The molecule has 33 heavy (non-hydrogen) atoms. The van der Waals surface area contributed by atoms with E-state index in [-0.39, 0.29) is 27.4 Å². The highest BCUT2D eigenvalue weighted by atomic mass is 35.5. The number of nitriles is 1. The van der Waals surface area contributed by atoms with E-state index < -0.39 is 5.82 Å². The number of benzene rings is 2. The van der Waals surface area contributed by atoms with Crippen molar-refractivity contribution in [2.45, 2.75) is 6.10 Å². The number of hydrogen-bond acceptors (Lipinski definition) is 6. The Morgan fingerprint density at radius 2 is 2.09 bits per heavy atom. The average molecular weight is 485 g/mol. The molecule has 1 saturated heterocycles. The van der Waals surface area contributed by atoms with Crippen LogP contribution in [0.2, 0.25) is 10.0 Å². The lowest BCUT2D eigenvalue weighted by atomic mass is 10.1. The van der Waals surface area contributed by atoms with Crippen LogP contribution in [0.1, 0.15) is 5.56 Å². The molecule has 0 saturated carbocycles. The predicted octanol–water partition coefficient (Wildman–Crippen LogP) is 6.07. The van der Waals surface area contributed by atoms with Gasteiger partial charge in [-0.15, -0.1) is 0 Å². The number of pyridine rings is 1. The molecule has 168 valence electrons. The van der Waals surface area contributed by atoms with Crippen LogP contribution in [-0.2, 0) is 0 Å². The van der Waals surface area contributed by atoms with E-state index in [1.165, 1.54) is 25.4 Å². The molecule has 0 bridgehead atoms. The number of allylic oxidation sites excluding steroid dienone is 1. The van der Waals surface area contributed by atoms with Gasteiger partial charge in [-0.05, 0) is 24.3 Å². The number of methoxy groups -OCH3 is 1. The molecule has 6 nitrogen and oxygen atoms in total. The lowest BCUT2D eigenvalue weighted by Crippen LogP contribution is -2.52. The highest BCUT2D eigenvalue weighted by Crippen LogP contribution is 2.39. The highest BCUT2D eigenvalue weighted by Gasteiger charge is 2.29. The second kappa shape index (κ2) is 9.18. The fraction of sp³-hybridized carbons (Fsp3) is 0.167. The van der Waals surface area contributed by atoms with Gasteiger partial charge in [-0.2, -0.15) is 5.26 Å². The van der Waals surface area contributed by atoms with Gasteiger partial charge in [0.2, 0.25) is 0 Å². The number of anilines is 2. The maximum atomic E-state index is 14.7. The first-order chi connectivity index (χ1) is 15.9. The summed E-state index contributed by atoms with van der Waals surface area (Å²) >= 11 is 11.8. The summed E-state index contributed by atoms with van der Waals surface area (Å²) in [6.45, 7) is 8.97. The van der Waals surface area contributed by atoms with Crippen LogP contribution >= 0.6 is 23.2 Å². The van der Waals surface area contributed by atoms with Crippen molar-refractivity contribution in [3.63, 3.8) is 0 Å². The molecule has 2 heterocycles. The number of hydrogen-bond donors (Lipinski definition) is 1. The van der Waals surface area contributed by atoms with Crippen molar-refractivity contribution in [2.75, 3.05) is 25.5 Å². The van der Waals surface area contributed by atoms with Crippen LogP contribution in [0, 0.1) is 17.1 Å². The van der Waals surface area contributed by atoms with Crippen LogP contribution in [0.4, 0.5) is 15.8 Å². The molecule has 1 aromatic heterocycles. The molecule has 1 N–H and O–H groups in total. The minimum absolute atomic E-state index is 0.0734. The topological polar surface area (TPSA) is 70.4 Å². The predicted molar refractivity (Wildman–Crippen MR) is 128 cm³/mol. The molecule has 0 amide bonds. The third-order valence-electron chi connectivity index (χ3n) is 5.35. The molecule has 0 spiro atoms. The molecule has 2 aromatic carbocycles. The van der Waals surface area contributed by atoms with Gasteiger partial charge in [0, 0.05) is 23.3 Å². The van der Waals surface area contributed by atoms with Gasteiger partial charge in [0.25, 0.3) is 0 Å². The Kier molecular flexibility index (Phi) is 6.32. The van der Waals surface area contributed by atoms with Crippen molar-refractivity contribution in [3.8, 4) is 17.6 Å². The van der Waals surface area contributed by atoms with Crippen molar-refractivity contribution >= 4 is 45.5 Å². The first-order valence-electron chi connectivity index (χ1n) is 9.90. The monoisotopic (exact) mass is 484 g/mol. The summed E-state index contributed by atoms with van der Waals surface area (Å²) in [5, 5.41) is 13.1. The summed E-state index contributed by atoms with van der Waals surface area (Å²) < 4.78 is 26.3. The quantitative estimate of drug-likeness (QED) is 0.324. The van der Waals surface area contributed by atoms with Crippen LogP contribution in [-0.4, -0.2) is 36.2 Å². The van der Waals surface area contributed by atoms with Crippen molar-refractivity contribution in [1.29, 1.82) is 5.26 Å². The molecule has 9 heteroatoms. The van der Waals surface area contributed by atoms with E-state index in [9.17, 15) is 9.65 Å². The van der Waals surface area contributed by atoms with Crippen LogP contribution < -0.4 is 14.8 Å². The molecule has 0 aliphatic carbocycles.